The second kappa shape index (κ2) is 6.77. The fourth-order valence-electron chi connectivity index (χ4n) is 4.61. The molecule has 1 aromatic carbocycles. The molecule has 1 aromatic rings. The molecule has 0 heterocycles. The summed E-state index contributed by atoms with van der Waals surface area (Å²) in [5, 5.41) is 0. The van der Waals surface area contributed by atoms with Gasteiger partial charge in [-0.2, -0.15) is 0 Å². The van der Waals surface area contributed by atoms with E-state index in [1.54, 1.807) is 0 Å². The summed E-state index contributed by atoms with van der Waals surface area (Å²) in [6, 6.07) is 10.8. The number of hydrogen-bond donors (Lipinski definition) is 0. The molecule has 0 aromatic heterocycles. The van der Waals surface area contributed by atoms with Gasteiger partial charge in [-0.25, -0.2) is 0 Å². The van der Waals surface area contributed by atoms with Crippen LogP contribution in [0.2, 0.25) is 0 Å². The predicted molar refractivity (Wildman–Crippen MR) is 87.3 cm³/mol. The second-order valence-corrected chi connectivity index (χ2v) is 7.16. The Morgan fingerprint density at radius 1 is 1.05 bits per heavy atom. The standard InChI is InChI=1S/C20H28O/c1-2-15-7-6-10-18(13-15)19-14-17(11-12-20(19)21)16-8-4-3-5-9-16/h3-5,8-9,15,17-19H,2,6-7,10-14H2,1H3. The molecule has 3 rings (SSSR count). The molecule has 114 valence electrons. The average Bonchev–Trinajstić information content (AvgIpc) is 2.56. The first-order chi connectivity index (χ1) is 10.3. The third-order valence-corrected chi connectivity index (χ3v) is 5.93. The lowest BCUT2D eigenvalue weighted by Crippen LogP contribution is -2.33. The number of carbonyl (C=O) groups is 1. The molecule has 2 aliphatic rings. The van der Waals surface area contributed by atoms with Gasteiger partial charge in [0.15, 0.2) is 0 Å². The third-order valence-electron chi connectivity index (χ3n) is 5.93. The van der Waals surface area contributed by atoms with Crippen molar-refractivity contribution in [1.82, 2.24) is 0 Å². The van der Waals surface area contributed by atoms with Crippen LogP contribution in [0.5, 0.6) is 0 Å². The van der Waals surface area contributed by atoms with Crippen LogP contribution in [0.1, 0.15) is 69.8 Å². The zero-order valence-electron chi connectivity index (χ0n) is 13.3. The predicted octanol–water partition coefficient (Wildman–Crippen LogP) is 5.36. The van der Waals surface area contributed by atoms with Crippen molar-refractivity contribution < 1.29 is 4.79 Å². The van der Waals surface area contributed by atoms with E-state index in [2.05, 4.69) is 37.3 Å². The number of rotatable bonds is 3. The highest BCUT2D eigenvalue weighted by molar-refractivity contribution is 5.82. The molecule has 0 radical (unpaired) electrons. The molecule has 0 aliphatic heterocycles. The van der Waals surface area contributed by atoms with E-state index in [-0.39, 0.29) is 0 Å². The van der Waals surface area contributed by atoms with E-state index in [0.29, 0.717) is 23.5 Å². The van der Waals surface area contributed by atoms with Crippen molar-refractivity contribution in [2.75, 3.05) is 0 Å². The van der Waals surface area contributed by atoms with Crippen molar-refractivity contribution in [3.8, 4) is 0 Å². The number of carbonyl (C=O) groups excluding carboxylic acids is 1. The van der Waals surface area contributed by atoms with Gasteiger partial charge in [0.05, 0.1) is 0 Å². The summed E-state index contributed by atoms with van der Waals surface area (Å²) in [5.41, 5.74) is 1.44. The maximum Gasteiger partial charge on any atom is 0.136 e. The second-order valence-electron chi connectivity index (χ2n) is 7.16. The summed E-state index contributed by atoms with van der Waals surface area (Å²) in [6.07, 6.45) is 9.56. The lowest BCUT2D eigenvalue weighted by Gasteiger charge is -2.38. The van der Waals surface area contributed by atoms with Crippen molar-refractivity contribution in [2.45, 2.75) is 64.2 Å². The first-order valence-corrected chi connectivity index (χ1v) is 8.85. The Balaban J connectivity index is 1.70. The highest BCUT2D eigenvalue weighted by Crippen LogP contribution is 2.43. The number of benzene rings is 1. The van der Waals surface area contributed by atoms with Crippen LogP contribution in [0.4, 0.5) is 0 Å². The maximum absolute atomic E-state index is 12.5. The van der Waals surface area contributed by atoms with Gasteiger partial charge in [0.1, 0.15) is 5.78 Å². The van der Waals surface area contributed by atoms with Crippen molar-refractivity contribution in [3.05, 3.63) is 35.9 Å². The van der Waals surface area contributed by atoms with Crippen LogP contribution >= 0.6 is 0 Å². The van der Waals surface area contributed by atoms with E-state index in [1.807, 2.05) is 0 Å². The molecule has 21 heavy (non-hydrogen) atoms. The van der Waals surface area contributed by atoms with Crippen molar-refractivity contribution in [3.63, 3.8) is 0 Å². The molecule has 0 bridgehead atoms. The molecule has 0 saturated heterocycles. The minimum Gasteiger partial charge on any atom is -0.299 e. The molecular formula is C20H28O. The highest BCUT2D eigenvalue weighted by Gasteiger charge is 2.36. The molecule has 2 fully saturated rings. The third kappa shape index (κ3) is 3.39. The molecule has 0 amide bonds. The van der Waals surface area contributed by atoms with Crippen LogP contribution < -0.4 is 0 Å². The zero-order chi connectivity index (χ0) is 14.7. The first kappa shape index (κ1) is 14.8. The average molecular weight is 284 g/mol. The van der Waals surface area contributed by atoms with Crippen LogP contribution in [0, 0.1) is 17.8 Å². The number of ketones is 1. The van der Waals surface area contributed by atoms with Gasteiger partial charge >= 0.3 is 0 Å². The molecule has 1 nitrogen and oxygen atoms in total. The smallest absolute Gasteiger partial charge is 0.136 e. The van der Waals surface area contributed by atoms with E-state index in [0.717, 1.165) is 25.2 Å². The summed E-state index contributed by atoms with van der Waals surface area (Å²) in [7, 11) is 0. The summed E-state index contributed by atoms with van der Waals surface area (Å²) in [5.74, 6) is 3.05. The molecule has 4 unspecified atom stereocenters. The fourth-order valence-corrected chi connectivity index (χ4v) is 4.61. The fraction of sp³-hybridized carbons (Fsp3) is 0.650. The normalized spacial score (nSPS) is 33.9. The Morgan fingerprint density at radius 3 is 2.62 bits per heavy atom. The molecule has 4 atom stereocenters. The van der Waals surface area contributed by atoms with Crippen LogP contribution in [0.15, 0.2) is 30.3 Å². The molecule has 0 N–H and O–H groups in total. The summed E-state index contributed by atoms with van der Waals surface area (Å²) in [6.45, 7) is 2.31. The first-order valence-electron chi connectivity index (χ1n) is 8.85. The van der Waals surface area contributed by atoms with E-state index >= 15 is 0 Å². The quantitative estimate of drug-likeness (QED) is 0.730. The molecule has 1 heteroatoms. The van der Waals surface area contributed by atoms with Gasteiger partial charge in [-0.3, -0.25) is 4.79 Å². The van der Waals surface area contributed by atoms with Crippen LogP contribution in [-0.2, 0) is 4.79 Å². The Kier molecular flexibility index (Phi) is 4.77. The Bertz CT molecular complexity index is 464. The van der Waals surface area contributed by atoms with Crippen molar-refractivity contribution in [1.29, 1.82) is 0 Å². The lowest BCUT2D eigenvalue weighted by molar-refractivity contribution is -0.127. The van der Waals surface area contributed by atoms with Gasteiger partial charge in [-0.15, -0.1) is 0 Å². The summed E-state index contributed by atoms with van der Waals surface area (Å²) >= 11 is 0. The van der Waals surface area contributed by atoms with Crippen molar-refractivity contribution in [2.24, 2.45) is 17.8 Å². The maximum atomic E-state index is 12.5. The Labute approximate surface area is 129 Å². The van der Waals surface area contributed by atoms with E-state index < -0.39 is 0 Å². The van der Waals surface area contributed by atoms with Gasteiger partial charge in [0.25, 0.3) is 0 Å². The summed E-state index contributed by atoms with van der Waals surface area (Å²) in [4.78, 5) is 12.5. The van der Waals surface area contributed by atoms with E-state index in [9.17, 15) is 4.79 Å². The van der Waals surface area contributed by atoms with Gasteiger partial charge in [-0.1, -0.05) is 56.5 Å². The lowest BCUT2D eigenvalue weighted by atomic mass is 9.66. The minimum absolute atomic E-state index is 0.346. The largest absolute Gasteiger partial charge is 0.299 e. The molecular weight excluding hydrogens is 256 g/mol. The monoisotopic (exact) mass is 284 g/mol. The Morgan fingerprint density at radius 2 is 1.86 bits per heavy atom. The van der Waals surface area contributed by atoms with Crippen LogP contribution in [0.25, 0.3) is 0 Å². The summed E-state index contributed by atoms with van der Waals surface area (Å²) < 4.78 is 0. The Hall–Kier alpha value is -1.11. The number of hydrogen-bond acceptors (Lipinski definition) is 1. The zero-order valence-corrected chi connectivity index (χ0v) is 13.3. The van der Waals surface area contributed by atoms with Crippen LogP contribution in [-0.4, -0.2) is 5.78 Å². The number of Topliss-reactive ketones (excluding diaryl/α,β-unsaturated/α-hetero) is 1. The van der Waals surface area contributed by atoms with Crippen molar-refractivity contribution >= 4 is 5.78 Å². The molecule has 0 spiro atoms. The van der Waals surface area contributed by atoms with Gasteiger partial charge in [-0.05, 0) is 49.0 Å². The topological polar surface area (TPSA) is 17.1 Å². The van der Waals surface area contributed by atoms with E-state index in [4.69, 9.17) is 0 Å². The van der Waals surface area contributed by atoms with Gasteiger partial charge in [0, 0.05) is 12.3 Å². The van der Waals surface area contributed by atoms with Gasteiger partial charge in [0.2, 0.25) is 0 Å². The molecule has 2 aliphatic carbocycles. The van der Waals surface area contributed by atoms with Gasteiger partial charge < -0.3 is 0 Å². The van der Waals surface area contributed by atoms with E-state index in [1.165, 1.54) is 37.7 Å². The minimum atomic E-state index is 0.346. The molecule has 2 saturated carbocycles. The SMILES string of the molecule is CCC1CCCC(C2CC(c3ccccc3)CCC2=O)C1. The highest BCUT2D eigenvalue weighted by atomic mass is 16.1. The van der Waals surface area contributed by atoms with Crippen LogP contribution in [0.3, 0.4) is 0 Å².